The molecule has 0 saturated carbocycles. The number of benzene rings is 1. The molecule has 3 aromatic rings. The molecule has 1 aromatic carbocycles. The maximum Gasteiger partial charge on any atom is 0.141 e. The van der Waals surface area contributed by atoms with E-state index >= 15 is 0 Å². The van der Waals surface area contributed by atoms with Crippen LogP contribution < -0.4 is 11.5 Å². The molecule has 1 aliphatic rings. The fraction of sp³-hybridized carbons (Fsp3) is 0.111. The van der Waals surface area contributed by atoms with E-state index in [1.54, 1.807) is 23.7 Å². The molecule has 3 heterocycles. The van der Waals surface area contributed by atoms with Crippen molar-refractivity contribution >= 4 is 33.1 Å². The number of pyridine rings is 1. The van der Waals surface area contributed by atoms with Crippen LogP contribution in [0.1, 0.15) is 16.9 Å². The molecule has 0 radical (unpaired) electrons. The quantitative estimate of drug-likeness (QED) is 0.717. The number of fused-ring (bicyclic) bond motifs is 3. The number of hydrogen-bond donors (Lipinski definition) is 2. The summed E-state index contributed by atoms with van der Waals surface area (Å²) in [5, 5.41) is 1.27. The summed E-state index contributed by atoms with van der Waals surface area (Å²) in [6, 6.07) is 10.3. The van der Waals surface area contributed by atoms with E-state index in [-0.39, 0.29) is 0 Å². The van der Waals surface area contributed by atoms with Crippen LogP contribution in [0.4, 0.5) is 5.82 Å². The number of amidine groups is 1. The van der Waals surface area contributed by atoms with Gasteiger partial charge in [0.2, 0.25) is 0 Å². The Hall–Kier alpha value is -2.66. The predicted molar refractivity (Wildman–Crippen MR) is 97.7 cm³/mol. The number of nitrogen functional groups attached to an aromatic ring is 1. The van der Waals surface area contributed by atoms with Gasteiger partial charge in [-0.3, -0.25) is 0 Å². The van der Waals surface area contributed by atoms with E-state index in [1.807, 2.05) is 12.1 Å². The van der Waals surface area contributed by atoms with Crippen LogP contribution in [0.15, 0.2) is 53.8 Å². The lowest BCUT2D eigenvalue weighted by Crippen LogP contribution is -2.13. The standard InChI is InChI=1S/C18H16N4S/c19-16-7-5-12(10-22-16)11-4-6-13-14-3-1-2-8-21-18(20)17(14)23-15(13)9-11/h2,4-10H,1,3H2,(H2,19,22)(H2,20,21)/b8-2-. The lowest BCUT2D eigenvalue weighted by molar-refractivity contribution is 1.01. The molecule has 0 saturated heterocycles. The van der Waals surface area contributed by atoms with E-state index in [2.05, 4.69) is 34.3 Å². The summed E-state index contributed by atoms with van der Waals surface area (Å²) in [5.41, 5.74) is 15.3. The number of allylic oxidation sites excluding steroid dienone is 1. The Morgan fingerprint density at radius 1 is 1.04 bits per heavy atom. The number of aromatic nitrogens is 1. The number of hydrogen-bond acceptors (Lipinski definition) is 5. The van der Waals surface area contributed by atoms with Crippen LogP contribution in [0.5, 0.6) is 0 Å². The molecule has 0 amide bonds. The third-order valence-corrected chi connectivity index (χ3v) is 5.24. The highest BCUT2D eigenvalue weighted by Gasteiger charge is 2.16. The SMILES string of the molecule is NC1=N/C=C\CCc2c1sc1cc(-c3ccc(N)nc3)ccc21. The van der Waals surface area contributed by atoms with Gasteiger partial charge in [-0.05, 0) is 47.6 Å². The average molecular weight is 320 g/mol. The first-order valence-corrected chi connectivity index (χ1v) is 8.30. The van der Waals surface area contributed by atoms with E-state index in [4.69, 9.17) is 11.5 Å². The summed E-state index contributed by atoms with van der Waals surface area (Å²) in [5.74, 6) is 1.14. The maximum atomic E-state index is 6.13. The summed E-state index contributed by atoms with van der Waals surface area (Å²) in [6.07, 6.45) is 7.64. The fourth-order valence-electron chi connectivity index (χ4n) is 2.85. The average Bonchev–Trinajstić information content (AvgIpc) is 2.91. The molecule has 0 unspecified atom stereocenters. The summed E-state index contributed by atoms with van der Waals surface area (Å²) < 4.78 is 1.23. The van der Waals surface area contributed by atoms with Gasteiger partial charge >= 0.3 is 0 Å². The van der Waals surface area contributed by atoms with Gasteiger partial charge in [-0.15, -0.1) is 11.3 Å². The van der Waals surface area contributed by atoms with Crippen molar-refractivity contribution in [3.8, 4) is 11.1 Å². The van der Waals surface area contributed by atoms with Gasteiger partial charge in [0.15, 0.2) is 0 Å². The van der Waals surface area contributed by atoms with Crippen molar-refractivity contribution in [1.82, 2.24) is 4.98 Å². The summed E-state index contributed by atoms with van der Waals surface area (Å²) in [7, 11) is 0. The van der Waals surface area contributed by atoms with Gasteiger partial charge in [-0.25, -0.2) is 9.98 Å². The Morgan fingerprint density at radius 3 is 2.74 bits per heavy atom. The maximum absolute atomic E-state index is 6.13. The zero-order valence-corrected chi connectivity index (χ0v) is 13.3. The van der Waals surface area contributed by atoms with Crippen LogP contribution >= 0.6 is 11.3 Å². The monoisotopic (exact) mass is 320 g/mol. The Kier molecular flexibility index (Phi) is 3.35. The van der Waals surface area contributed by atoms with Crippen molar-refractivity contribution < 1.29 is 0 Å². The Labute approximate surface area is 138 Å². The zero-order chi connectivity index (χ0) is 15.8. The molecule has 0 spiro atoms. The first-order chi connectivity index (χ1) is 11.2. The smallest absolute Gasteiger partial charge is 0.141 e. The minimum absolute atomic E-state index is 0.533. The van der Waals surface area contributed by atoms with Crippen LogP contribution in [0.25, 0.3) is 21.2 Å². The molecule has 1 aliphatic heterocycles. The molecule has 0 fully saturated rings. The van der Waals surface area contributed by atoms with E-state index in [0.717, 1.165) is 28.8 Å². The predicted octanol–water partition coefficient (Wildman–Crippen LogP) is 3.71. The normalized spacial score (nSPS) is 15.6. The summed E-state index contributed by atoms with van der Waals surface area (Å²) in [6.45, 7) is 0. The highest BCUT2D eigenvalue weighted by atomic mass is 32.1. The van der Waals surface area contributed by atoms with Crippen LogP contribution in [-0.4, -0.2) is 10.8 Å². The van der Waals surface area contributed by atoms with Gasteiger partial charge < -0.3 is 11.5 Å². The van der Waals surface area contributed by atoms with Crippen LogP contribution in [0.3, 0.4) is 0 Å². The highest BCUT2D eigenvalue weighted by Crippen LogP contribution is 2.35. The Balaban J connectivity index is 1.86. The van der Waals surface area contributed by atoms with Crippen molar-refractivity contribution in [2.75, 3.05) is 5.73 Å². The van der Waals surface area contributed by atoms with Gasteiger partial charge in [0.05, 0.1) is 4.88 Å². The Bertz CT molecular complexity index is 936. The molecule has 0 atom stereocenters. The van der Waals surface area contributed by atoms with Gasteiger partial charge in [-0.1, -0.05) is 18.2 Å². The first-order valence-electron chi connectivity index (χ1n) is 7.48. The summed E-state index contributed by atoms with van der Waals surface area (Å²) >= 11 is 1.71. The topological polar surface area (TPSA) is 77.3 Å². The van der Waals surface area contributed by atoms with Gasteiger partial charge in [0, 0.05) is 22.7 Å². The van der Waals surface area contributed by atoms with Crippen LogP contribution in [-0.2, 0) is 6.42 Å². The molecule has 4 rings (SSSR count). The second-order valence-electron chi connectivity index (χ2n) is 5.53. The molecule has 0 bridgehead atoms. The molecule has 23 heavy (non-hydrogen) atoms. The second-order valence-corrected chi connectivity index (χ2v) is 6.58. The van der Waals surface area contributed by atoms with Crippen molar-refractivity contribution in [3.63, 3.8) is 0 Å². The number of nitrogens with zero attached hydrogens (tertiary/aromatic N) is 2. The van der Waals surface area contributed by atoms with Crippen LogP contribution in [0, 0.1) is 0 Å². The van der Waals surface area contributed by atoms with Gasteiger partial charge in [0.1, 0.15) is 11.7 Å². The Morgan fingerprint density at radius 2 is 1.91 bits per heavy atom. The lowest BCUT2D eigenvalue weighted by atomic mass is 10.0. The largest absolute Gasteiger partial charge is 0.384 e. The highest BCUT2D eigenvalue weighted by molar-refractivity contribution is 7.21. The molecule has 2 aromatic heterocycles. The van der Waals surface area contributed by atoms with Crippen molar-refractivity contribution in [2.24, 2.45) is 10.7 Å². The first kappa shape index (κ1) is 14.0. The number of aryl methyl sites for hydroxylation is 1. The number of aliphatic imine (C=N–C) groups is 1. The molecule has 4 N–H and O–H groups in total. The fourth-order valence-corrected chi connectivity index (χ4v) is 4.05. The number of rotatable bonds is 1. The van der Waals surface area contributed by atoms with E-state index < -0.39 is 0 Å². The third kappa shape index (κ3) is 2.49. The zero-order valence-electron chi connectivity index (χ0n) is 12.5. The van der Waals surface area contributed by atoms with E-state index in [1.165, 1.54) is 15.6 Å². The van der Waals surface area contributed by atoms with Gasteiger partial charge in [0.25, 0.3) is 0 Å². The van der Waals surface area contributed by atoms with Gasteiger partial charge in [-0.2, -0.15) is 0 Å². The molecule has 5 heteroatoms. The molecule has 114 valence electrons. The minimum atomic E-state index is 0.533. The third-order valence-electron chi connectivity index (χ3n) is 4.03. The lowest BCUT2D eigenvalue weighted by Gasteiger charge is -2.05. The van der Waals surface area contributed by atoms with E-state index in [0.29, 0.717) is 11.7 Å². The minimum Gasteiger partial charge on any atom is -0.384 e. The van der Waals surface area contributed by atoms with Crippen molar-refractivity contribution in [2.45, 2.75) is 12.8 Å². The molecular formula is C18H16N4S. The molecule has 4 nitrogen and oxygen atoms in total. The number of anilines is 1. The van der Waals surface area contributed by atoms with Crippen molar-refractivity contribution in [1.29, 1.82) is 0 Å². The van der Waals surface area contributed by atoms with E-state index in [9.17, 15) is 0 Å². The second kappa shape index (κ2) is 5.52. The van der Waals surface area contributed by atoms with Crippen LogP contribution in [0.2, 0.25) is 0 Å². The number of thiophene rings is 1. The number of nitrogens with two attached hydrogens (primary N) is 2. The van der Waals surface area contributed by atoms with Crippen molar-refractivity contribution in [3.05, 3.63) is 59.2 Å². The molecular weight excluding hydrogens is 304 g/mol. The summed E-state index contributed by atoms with van der Waals surface area (Å²) in [4.78, 5) is 9.58. The molecule has 0 aliphatic carbocycles.